The van der Waals surface area contributed by atoms with Crippen LogP contribution in [0.2, 0.25) is 0 Å². The number of carbonyl (C=O) groups is 1. The van der Waals surface area contributed by atoms with E-state index in [2.05, 4.69) is 10.3 Å². The number of aromatic amines is 1. The van der Waals surface area contributed by atoms with Gasteiger partial charge in [0.2, 0.25) is 11.7 Å². The Morgan fingerprint density at radius 1 is 0.909 bits per heavy atom. The number of benzene rings is 3. The van der Waals surface area contributed by atoms with Crippen molar-refractivity contribution in [2.45, 2.75) is 18.9 Å². The average molecular weight is 446 g/mol. The first-order chi connectivity index (χ1) is 16.1. The number of fused-ring (bicyclic) bond motifs is 1. The molecule has 0 fully saturated rings. The molecule has 0 saturated carbocycles. The number of aromatic nitrogens is 2. The summed E-state index contributed by atoms with van der Waals surface area (Å²) in [5, 5.41) is 3.15. The molecule has 0 bridgehead atoms. The molecule has 4 aromatic rings. The highest BCUT2D eigenvalue weighted by molar-refractivity contribution is 5.80. The van der Waals surface area contributed by atoms with Crippen LogP contribution in [0.1, 0.15) is 23.0 Å². The quantitative estimate of drug-likeness (QED) is 0.403. The largest absolute Gasteiger partial charge is 0.493 e. The molecule has 1 aromatic heterocycles. The molecule has 7 nitrogen and oxygen atoms in total. The van der Waals surface area contributed by atoms with Crippen LogP contribution < -0.4 is 19.5 Å². The molecule has 3 aromatic carbocycles. The molecular formula is C26H27N3O4. The second-order valence-electron chi connectivity index (χ2n) is 7.66. The van der Waals surface area contributed by atoms with Crippen molar-refractivity contribution in [3.8, 4) is 17.2 Å². The van der Waals surface area contributed by atoms with Crippen LogP contribution in [0.15, 0.2) is 66.7 Å². The highest BCUT2D eigenvalue weighted by Crippen LogP contribution is 2.38. The lowest BCUT2D eigenvalue weighted by molar-refractivity contribution is -0.121. The van der Waals surface area contributed by atoms with Gasteiger partial charge in [0.15, 0.2) is 11.5 Å². The van der Waals surface area contributed by atoms with Gasteiger partial charge >= 0.3 is 0 Å². The number of methoxy groups -OCH3 is 3. The Hall–Kier alpha value is -4.00. The fourth-order valence-corrected chi connectivity index (χ4v) is 3.87. The lowest BCUT2D eigenvalue weighted by Gasteiger charge is -2.18. The topological polar surface area (TPSA) is 85.5 Å². The number of nitrogens with one attached hydrogen (secondary N) is 2. The maximum absolute atomic E-state index is 13.1. The van der Waals surface area contributed by atoms with E-state index in [1.807, 2.05) is 54.6 Å². The molecular weight excluding hydrogens is 418 g/mol. The van der Waals surface area contributed by atoms with Crippen molar-refractivity contribution in [3.05, 3.63) is 83.7 Å². The first-order valence-electron chi connectivity index (χ1n) is 10.7. The summed E-state index contributed by atoms with van der Waals surface area (Å²) >= 11 is 0. The van der Waals surface area contributed by atoms with Gasteiger partial charge < -0.3 is 24.5 Å². The molecule has 1 unspecified atom stereocenters. The Morgan fingerprint density at radius 2 is 1.58 bits per heavy atom. The summed E-state index contributed by atoms with van der Waals surface area (Å²) in [7, 11) is 4.66. The predicted octanol–water partition coefficient (Wildman–Crippen LogP) is 4.23. The molecule has 0 radical (unpaired) electrons. The molecule has 0 aliphatic heterocycles. The second-order valence-corrected chi connectivity index (χ2v) is 7.66. The average Bonchev–Trinajstić information content (AvgIpc) is 3.28. The molecule has 1 heterocycles. The highest BCUT2D eigenvalue weighted by Gasteiger charge is 2.21. The summed E-state index contributed by atoms with van der Waals surface area (Å²) < 4.78 is 16.2. The minimum absolute atomic E-state index is 0.134. The Bertz CT molecular complexity index is 1180. The van der Waals surface area contributed by atoms with Crippen LogP contribution >= 0.6 is 0 Å². The van der Waals surface area contributed by atoms with Crippen LogP contribution in [0.5, 0.6) is 17.2 Å². The van der Waals surface area contributed by atoms with Crippen molar-refractivity contribution in [2.75, 3.05) is 21.3 Å². The fourth-order valence-electron chi connectivity index (χ4n) is 3.87. The van der Waals surface area contributed by atoms with E-state index in [1.165, 1.54) is 0 Å². The van der Waals surface area contributed by atoms with E-state index in [0.29, 0.717) is 23.7 Å². The number of rotatable bonds is 9. The van der Waals surface area contributed by atoms with Gasteiger partial charge in [-0.2, -0.15) is 0 Å². The number of para-hydroxylation sites is 2. The summed E-state index contributed by atoms with van der Waals surface area (Å²) in [6.07, 6.45) is 0.768. The zero-order valence-electron chi connectivity index (χ0n) is 18.9. The van der Waals surface area contributed by atoms with Crippen molar-refractivity contribution < 1.29 is 19.0 Å². The third kappa shape index (κ3) is 5.09. The number of H-pyrrole nitrogens is 1. The molecule has 2 N–H and O–H groups in total. The van der Waals surface area contributed by atoms with Crippen molar-refractivity contribution >= 4 is 16.9 Å². The lowest BCUT2D eigenvalue weighted by atomic mass is 10.0. The van der Waals surface area contributed by atoms with E-state index >= 15 is 0 Å². The van der Waals surface area contributed by atoms with Crippen molar-refractivity contribution in [1.29, 1.82) is 0 Å². The van der Waals surface area contributed by atoms with E-state index in [-0.39, 0.29) is 18.4 Å². The molecule has 4 rings (SSSR count). The third-order valence-electron chi connectivity index (χ3n) is 5.44. The number of amides is 1. The SMILES string of the molecule is COc1cc(CC(=O)NC(Cc2ccccc2)c2nc3ccccc3[nH]2)cc(OC)c1OC. The number of carbonyl (C=O) groups excluding carboxylic acids is 1. The van der Waals surface area contributed by atoms with Gasteiger partial charge in [-0.1, -0.05) is 42.5 Å². The number of nitrogens with zero attached hydrogens (tertiary/aromatic N) is 1. The van der Waals surface area contributed by atoms with E-state index in [4.69, 9.17) is 19.2 Å². The first kappa shape index (κ1) is 22.2. The Kier molecular flexibility index (Phi) is 6.78. The normalized spacial score (nSPS) is 11.7. The molecule has 0 aliphatic carbocycles. The Balaban J connectivity index is 1.59. The summed E-state index contributed by atoms with van der Waals surface area (Å²) in [5.41, 5.74) is 3.66. The van der Waals surface area contributed by atoms with Gasteiger partial charge in [-0.3, -0.25) is 4.79 Å². The van der Waals surface area contributed by atoms with Crippen LogP contribution in [0, 0.1) is 0 Å². The maximum Gasteiger partial charge on any atom is 0.225 e. The Morgan fingerprint density at radius 3 is 2.21 bits per heavy atom. The van der Waals surface area contributed by atoms with Crippen molar-refractivity contribution in [3.63, 3.8) is 0 Å². The van der Waals surface area contributed by atoms with Crippen LogP contribution in [0.3, 0.4) is 0 Å². The fraction of sp³-hybridized carbons (Fsp3) is 0.231. The number of imidazole rings is 1. The van der Waals surface area contributed by atoms with Crippen LogP contribution in [-0.4, -0.2) is 37.2 Å². The van der Waals surface area contributed by atoms with Gasteiger partial charge in [0.1, 0.15) is 5.82 Å². The molecule has 0 spiro atoms. The summed E-state index contributed by atoms with van der Waals surface area (Å²) in [5.74, 6) is 2.10. The van der Waals surface area contributed by atoms with E-state index in [1.54, 1.807) is 33.5 Å². The van der Waals surface area contributed by atoms with Gasteiger partial charge in [0, 0.05) is 0 Å². The monoisotopic (exact) mass is 445 g/mol. The Labute approximate surface area is 192 Å². The molecule has 7 heteroatoms. The van der Waals surface area contributed by atoms with Gasteiger partial charge in [0.05, 0.1) is 44.8 Å². The standard InChI is InChI=1S/C26H27N3O4/c1-31-22-14-18(15-23(32-2)25(22)33-3)16-24(30)27-21(13-17-9-5-4-6-10-17)26-28-19-11-7-8-12-20(19)29-26/h4-12,14-15,21H,13,16H2,1-3H3,(H,27,30)(H,28,29). The zero-order valence-corrected chi connectivity index (χ0v) is 18.9. The van der Waals surface area contributed by atoms with Gasteiger partial charge in [-0.05, 0) is 41.8 Å². The number of ether oxygens (including phenoxy) is 3. The minimum Gasteiger partial charge on any atom is -0.493 e. The molecule has 0 saturated heterocycles. The van der Waals surface area contributed by atoms with Crippen LogP contribution in [-0.2, 0) is 17.6 Å². The van der Waals surface area contributed by atoms with E-state index < -0.39 is 0 Å². The van der Waals surface area contributed by atoms with E-state index in [9.17, 15) is 4.79 Å². The summed E-state index contributed by atoms with van der Waals surface area (Å²) in [4.78, 5) is 21.2. The summed E-state index contributed by atoms with van der Waals surface area (Å²) in [6.45, 7) is 0. The second kappa shape index (κ2) is 10.1. The van der Waals surface area contributed by atoms with Gasteiger partial charge in [-0.15, -0.1) is 0 Å². The lowest BCUT2D eigenvalue weighted by Crippen LogP contribution is -2.32. The molecule has 0 aliphatic rings. The molecule has 33 heavy (non-hydrogen) atoms. The summed E-state index contributed by atoms with van der Waals surface area (Å²) in [6, 6.07) is 21.1. The molecule has 1 atom stereocenters. The number of hydrogen-bond donors (Lipinski definition) is 2. The molecule has 1 amide bonds. The smallest absolute Gasteiger partial charge is 0.225 e. The van der Waals surface area contributed by atoms with Crippen molar-refractivity contribution in [2.24, 2.45) is 0 Å². The highest BCUT2D eigenvalue weighted by atomic mass is 16.5. The van der Waals surface area contributed by atoms with Crippen molar-refractivity contribution in [1.82, 2.24) is 15.3 Å². The van der Waals surface area contributed by atoms with Gasteiger partial charge in [-0.25, -0.2) is 4.98 Å². The van der Waals surface area contributed by atoms with Crippen LogP contribution in [0.4, 0.5) is 0 Å². The van der Waals surface area contributed by atoms with Gasteiger partial charge in [0.25, 0.3) is 0 Å². The minimum atomic E-state index is -0.311. The van der Waals surface area contributed by atoms with E-state index in [0.717, 1.165) is 28.0 Å². The maximum atomic E-state index is 13.1. The molecule has 170 valence electrons. The third-order valence-corrected chi connectivity index (χ3v) is 5.44. The number of hydrogen-bond acceptors (Lipinski definition) is 5. The zero-order chi connectivity index (χ0) is 23.2. The first-order valence-corrected chi connectivity index (χ1v) is 10.7. The van der Waals surface area contributed by atoms with Crippen LogP contribution in [0.25, 0.3) is 11.0 Å². The predicted molar refractivity (Wildman–Crippen MR) is 127 cm³/mol.